The lowest BCUT2D eigenvalue weighted by Gasteiger charge is -2.23. The van der Waals surface area contributed by atoms with Gasteiger partial charge in [-0.3, -0.25) is 0 Å². The number of aromatic nitrogens is 1. The Bertz CT molecular complexity index is 507. The SMILES string of the molecule is COC1CC(C(=O)O)N(c2cc(C(F)(F)F)ccn2)C1. The van der Waals surface area contributed by atoms with Crippen molar-refractivity contribution in [3.63, 3.8) is 0 Å². The van der Waals surface area contributed by atoms with Gasteiger partial charge in [-0.1, -0.05) is 0 Å². The Morgan fingerprint density at radius 1 is 1.55 bits per heavy atom. The summed E-state index contributed by atoms with van der Waals surface area (Å²) in [5.41, 5.74) is -0.854. The lowest BCUT2D eigenvalue weighted by Crippen LogP contribution is -2.36. The van der Waals surface area contributed by atoms with E-state index in [4.69, 9.17) is 9.84 Å². The second-order valence-corrected chi connectivity index (χ2v) is 4.50. The van der Waals surface area contributed by atoms with Crippen molar-refractivity contribution in [2.24, 2.45) is 0 Å². The van der Waals surface area contributed by atoms with Crippen molar-refractivity contribution >= 4 is 11.8 Å². The number of hydrogen-bond acceptors (Lipinski definition) is 4. The molecule has 8 heteroatoms. The molecule has 2 rings (SSSR count). The molecule has 0 amide bonds. The lowest BCUT2D eigenvalue weighted by atomic mass is 10.2. The van der Waals surface area contributed by atoms with Crippen molar-refractivity contribution in [2.45, 2.75) is 24.7 Å². The van der Waals surface area contributed by atoms with Crippen LogP contribution >= 0.6 is 0 Å². The second-order valence-electron chi connectivity index (χ2n) is 4.50. The Hall–Kier alpha value is -1.83. The Balaban J connectivity index is 2.32. The average molecular weight is 290 g/mol. The number of anilines is 1. The molecule has 110 valence electrons. The zero-order chi connectivity index (χ0) is 14.9. The summed E-state index contributed by atoms with van der Waals surface area (Å²) in [6, 6.07) is 0.771. The molecule has 0 aliphatic carbocycles. The number of halogens is 3. The minimum Gasteiger partial charge on any atom is -0.480 e. The molecular formula is C12H13F3N2O3. The predicted octanol–water partition coefficient (Wildman–Crippen LogP) is 1.78. The van der Waals surface area contributed by atoms with Crippen molar-refractivity contribution in [2.75, 3.05) is 18.6 Å². The molecule has 1 aliphatic rings. The van der Waals surface area contributed by atoms with E-state index < -0.39 is 23.8 Å². The first-order valence-corrected chi connectivity index (χ1v) is 5.88. The lowest BCUT2D eigenvalue weighted by molar-refractivity contribution is -0.138. The Morgan fingerprint density at radius 2 is 2.25 bits per heavy atom. The minimum atomic E-state index is -4.49. The summed E-state index contributed by atoms with van der Waals surface area (Å²) in [5.74, 6) is -1.12. The van der Waals surface area contributed by atoms with Gasteiger partial charge in [-0.05, 0) is 12.1 Å². The zero-order valence-electron chi connectivity index (χ0n) is 10.6. The number of rotatable bonds is 3. The molecule has 5 nitrogen and oxygen atoms in total. The highest BCUT2D eigenvalue weighted by molar-refractivity contribution is 5.78. The first kappa shape index (κ1) is 14.6. The van der Waals surface area contributed by atoms with Crippen LogP contribution in [0.3, 0.4) is 0 Å². The number of methoxy groups -OCH3 is 1. The molecule has 1 aromatic rings. The van der Waals surface area contributed by atoms with Crippen molar-refractivity contribution < 1.29 is 27.8 Å². The second kappa shape index (κ2) is 5.28. The van der Waals surface area contributed by atoms with E-state index in [0.29, 0.717) is 0 Å². The van der Waals surface area contributed by atoms with E-state index in [2.05, 4.69) is 4.98 Å². The number of nitrogens with zero attached hydrogens (tertiary/aromatic N) is 2. The number of pyridine rings is 1. The van der Waals surface area contributed by atoms with Gasteiger partial charge in [-0.2, -0.15) is 13.2 Å². The van der Waals surface area contributed by atoms with Gasteiger partial charge in [0.1, 0.15) is 11.9 Å². The van der Waals surface area contributed by atoms with Crippen molar-refractivity contribution in [1.82, 2.24) is 4.98 Å². The number of alkyl halides is 3. The summed E-state index contributed by atoms with van der Waals surface area (Å²) in [5, 5.41) is 9.14. The summed E-state index contributed by atoms with van der Waals surface area (Å²) < 4.78 is 43.1. The molecule has 1 aliphatic heterocycles. The van der Waals surface area contributed by atoms with E-state index in [9.17, 15) is 18.0 Å². The van der Waals surface area contributed by atoms with Gasteiger partial charge in [0.2, 0.25) is 0 Å². The van der Waals surface area contributed by atoms with E-state index in [1.807, 2.05) is 0 Å². The molecule has 0 aromatic carbocycles. The molecule has 20 heavy (non-hydrogen) atoms. The van der Waals surface area contributed by atoms with Gasteiger partial charge in [0.15, 0.2) is 0 Å². The van der Waals surface area contributed by atoms with Crippen LogP contribution < -0.4 is 4.90 Å². The number of aliphatic carboxylic acids is 1. The standard InChI is InChI=1S/C12H13F3N2O3/c1-20-8-5-9(11(18)19)17(6-8)10-4-7(2-3-16-10)12(13,14)15/h2-4,8-9H,5-6H2,1H3,(H,18,19). The maximum absolute atomic E-state index is 12.7. The van der Waals surface area contributed by atoms with Gasteiger partial charge < -0.3 is 14.7 Å². The highest BCUT2D eigenvalue weighted by atomic mass is 19.4. The molecule has 1 aromatic heterocycles. The van der Waals surface area contributed by atoms with Gasteiger partial charge in [0.05, 0.1) is 11.7 Å². The van der Waals surface area contributed by atoms with Crippen LogP contribution in [0.5, 0.6) is 0 Å². The number of carboxylic acid groups (broad SMARTS) is 1. The molecule has 0 bridgehead atoms. The van der Waals surface area contributed by atoms with Crippen molar-refractivity contribution in [3.05, 3.63) is 23.9 Å². The molecule has 2 atom stereocenters. The van der Waals surface area contributed by atoms with E-state index in [1.54, 1.807) is 0 Å². The van der Waals surface area contributed by atoms with Gasteiger partial charge in [0, 0.05) is 26.3 Å². The maximum atomic E-state index is 12.7. The van der Waals surface area contributed by atoms with Crippen LogP contribution in [-0.2, 0) is 15.7 Å². The molecule has 1 saturated heterocycles. The van der Waals surface area contributed by atoms with Crippen molar-refractivity contribution in [3.8, 4) is 0 Å². The molecule has 1 N–H and O–H groups in total. The molecule has 0 spiro atoms. The first-order chi connectivity index (χ1) is 9.32. The van der Waals surface area contributed by atoms with Gasteiger partial charge in [0.25, 0.3) is 0 Å². The van der Waals surface area contributed by atoms with Crippen LogP contribution in [0.4, 0.5) is 19.0 Å². The highest BCUT2D eigenvalue weighted by Gasteiger charge is 2.39. The van der Waals surface area contributed by atoms with Crippen LogP contribution in [0.25, 0.3) is 0 Å². The first-order valence-electron chi connectivity index (χ1n) is 5.88. The van der Waals surface area contributed by atoms with E-state index in [-0.39, 0.29) is 24.9 Å². The number of hydrogen-bond donors (Lipinski definition) is 1. The van der Waals surface area contributed by atoms with Crippen LogP contribution in [0.15, 0.2) is 18.3 Å². The topological polar surface area (TPSA) is 62.7 Å². The average Bonchev–Trinajstić information content (AvgIpc) is 2.82. The number of carbonyl (C=O) groups is 1. The van der Waals surface area contributed by atoms with Gasteiger partial charge in [-0.15, -0.1) is 0 Å². The van der Waals surface area contributed by atoms with Crippen LogP contribution in [-0.4, -0.2) is 41.9 Å². The minimum absolute atomic E-state index is 0.00762. The van der Waals surface area contributed by atoms with Crippen LogP contribution in [0.1, 0.15) is 12.0 Å². The Morgan fingerprint density at radius 3 is 2.80 bits per heavy atom. The third-order valence-corrected chi connectivity index (χ3v) is 3.25. The van der Waals surface area contributed by atoms with E-state index in [0.717, 1.165) is 18.3 Å². The summed E-state index contributed by atoms with van der Waals surface area (Å²) in [6.45, 7) is 0.196. The smallest absolute Gasteiger partial charge is 0.416 e. The summed E-state index contributed by atoms with van der Waals surface area (Å²) in [4.78, 5) is 16.3. The molecule has 2 unspecified atom stereocenters. The Labute approximate surface area is 113 Å². The zero-order valence-corrected chi connectivity index (χ0v) is 10.6. The fraction of sp³-hybridized carbons (Fsp3) is 0.500. The third kappa shape index (κ3) is 2.84. The van der Waals surface area contributed by atoms with Gasteiger partial charge >= 0.3 is 12.1 Å². The predicted molar refractivity (Wildman–Crippen MR) is 63.4 cm³/mol. The fourth-order valence-electron chi connectivity index (χ4n) is 2.21. The molecule has 0 radical (unpaired) electrons. The summed E-state index contributed by atoms with van der Waals surface area (Å²) in [7, 11) is 1.44. The molecule has 2 heterocycles. The molecule has 1 fully saturated rings. The summed E-state index contributed by atoms with van der Waals surface area (Å²) >= 11 is 0. The van der Waals surface area contributed by atoms with Crippen LogP contribution in [0, 0.1) is 0 Å². The fourth-order valence-corrected chi connectivity index (χ4v) is 2.21. The molecular weight excluding hydrogens is 277 g/mol. The highest BCUT2D eigenvalue weighted by Crippen LogP contribution is 2.33. The van der Waals surface area contributed by atoms with E-state index in [1.165, 1.54) is 12.0 Å². The monoisotopic (exact) mass is 290 g/mol. The number of carboxylic acids is 1. The van der Waals surface area contributed by atoms with Gasteiger partial charge in [-0.25, -0.2) is 9.78 Å². The molecule has 0 saturated carbocycles. The quantitative estimate of drug-likeness (QED) is 0.919. The normalized spacial score (nSPS) is 23.1. The largest absolute Gasteiger partial charge is 0.480 e. The van der Waals surface area contributed by atoms with E-state index >= 15 is 0 Å². The van der Waals surface area contributed by atoms with Crippen molar-refractivity contribution in [1.29, 1.82) is 0 Å². The third-order valence-electron chi connectivity index (χ3n) is 3.25. The Kier molecular flexibility index (Phi) is 3.85. The van der Waals surface area contributed by atoms with Crippen LogP contribution in [0.2, 0.25) is 0 Å². The maximum Gasteiger partial charge on any atom is 0.416 e. The number of ether oxygens (including phenoxy) is 1. The summed E-state index contributed by atoms with van der Waals surface area (Å²) in [6.07, 6.45) is -3.59.